The van der Waals surface area contributed by atoms with E-state index < -0.39 is 84.6 Å². The maximum atomic E-state index is 12.7. The zero-order valence-electron chi connectivity index (χ0n) is 39.9. The number of allylic oxidation sites excluding steroid dienone is 10. The van der Waals surface area contributed by atoms with Crippen molar-refractivity contribution in [3.63, 3.8) is 0 Å². The molecule has 1 fully saturated rings. The lowest BCUT2D eigenvalue weighted by atomic mass is 9.87. The number of anilines is 1. The number of hydrogen-bond donors (Lipinski definition) is 9. The van der Waals surface area contributed by atoms with Crippen LogP contribution >= 0.6 is 35.2 Å². The fourth-order valence-electron chi connectivity index (χ4n) is 6.40. The molecule has 0 spiro atoms. The summed E-state index contributed by atoms with van der Waals surface area (Å²) in [5, 5.41) is 26.6. The first kappa shape index (κ1) is 61.6. The minimum atomic E-state index is -5.58. The van der Waals surface area contributed by atoms with Crippen molar-refractivity contribution in [1.82, 2.24) is 30.2 Å². The summed E-state index contributed by atoms with van der Waals surface area (Å²) in [6, 6.07) is 0. The Hall–Kier alpha value is -3.74. The topological polar surface area (TPSA) is 364 Å². The third kappa shape index (κ3) is 23.8. The fourth-order valence-corrected chi connectivity index (χ4v) is 9.92. The number of hydrogen-bond acceptors (Lipinski definition) is 18. The molecule has 0 radical (unpaired) electrons. The van der Waals surface area contributed by atoms with Crippen LogP contribution in [0.4, 0.5) is 5.82 Å². The lowest BCUT2D eigenvalue weighted by Crippen LogP contribution is -2.46. The van der Waals surface area contributed by atoms with E-state index in [1.165, 1.54) is 33.1 Å². The number of ether oxygens (including phenoxy) is 1. The third-order valence-electron chi connectivity index (χ3n) is 10.2. The van der Waals surface area contributed by atoms with E-state index in [-0.39, 0.29) is 41.6 Å². The van der Waals surface area contributed by atoms with Crippen LogP contribution in [-0.2, 0) is 50.7 Å². The lowest BCUT2D eigenvalue weighted by Gasteiger charge is -2.30. The van der Waals surface area contributed by atoms with E-state index in [1.807, 2.05) is 12.2 Å². The zero-order valence-corrected chi connectivity index (χ0v) is 43.4. The number of aliphatic hydroxyl groups excluding tert-OH is 2. The number of aliphatic hydroxyl groups is 2. The van der Waals surface area contributed by atoms with E-state index >= 15 is 0 Å². The molecule has 1 aliphatic rings. The van der Waals surface area contributed by atoms with Crippen molar-refractivity contribution in [3.05, 3.63) is 73.4 Å². The number of phosphoric ester groups is 3. The van der Waals surface area contributed by atoms with E-state index in [9.17, 15) is 57.9 Å². The summed E-state index contributed by atoms with van der Waals surface area (Å²) < 4.78 is 62.4. The summed E-state index contributed by atoms with van der Waals surface area (Å²) in [5.74, 6) is -1.11. The Labute approximate surface area is 417 Å². The van der Waals surface area contributed by atoms with Crippen molar-refractivity contribution in [2.24, 2.45) is 5.41 Å². The Morgan fingerprint density at radius 3 is 2.08 bits per heavy atom. The number of aromatic nitrogens is 4. The molecular formula is C43H68N7O17P3S. The number of phosphoric acid groups is 3. The predicted molar refractivity (Wildman–Crippen MR) is 265 cm³/mol. The molecule has 24 nitrogen and oxygen atoms in total. The first-order valence-corrected chi connectivity index (χ1v) is 28.4. The highest BCUT2D eigenvalue weighted by Crippen LogP contribution is 2.61. The van der Waals surface area contributed by atoms with Gasteiger partial charge in [0.25, 0.3) is 0 Å². The van der Waals surface area contributed by atoms with Crippen molar-refractivity contribution in [1.29, 1.82) is 0 Å². The van der Waals surface area contributed by atoms with Crippen molar-refractivity contribution >= 4 is 69.1 Å². The van der Waals surface area contributed by atoms with Crippen LogP contribution in [0.5, 0.6) is 0 Å². The average Bonchev–Trinajstić information content (AvgIpc) is 3.86. The first-order valence-electron chi connectivity index (χ1n) is 22.9. The molecule has 0 saturated carbocycles. The van der Waals surface area contributed by atoms with Gasteiger partial charge in [-0.3, -0.25) is 32.5 Å². The molecule has 0 aliphatic carbocycles. The maximum Gasteiger partial charge on any atom is 0.481 e. The largest absolute Gasteiger partial charge is 0.481 e. The third-order valence-corrected chi connectivity index (χ3v) is 14.2. The molecule has 1 aliphatic heterocycles. The summed E-state index contributed by atoms with van der Waals surface area (Å²) in [6.45, 7) is 2.70. The van der Waals surface area contributed by atoms with Crippen LogP contribution in [0.1, 0.15) is 97.6 Å². The Morgan fingerprint density at radius 1 is 0.859 bits per heavy atom. The lowest BCUT2D eigenvalue weighted by molar-refractivity contribution is -0.137. The number of nitrogen functional groups attached to an aromatic ring is 1. The van der Waals surface area contributed by atoms with Gasteiger partial charge in [0.2, 0.25) is 11.8 Å². The van der Waals surface area contributed by atoms with Gasteiger partial charge in [-0.25, -0.2) is 28.6 Å². The molecule has 1 saturated heterocycles. The van der Waals surface area contributed by atoms with Crippen LogP contribution in [0.2, 0.25) is 0 Å². The number of fused-ring (bicyclic) bond motifs is 1. The van der Waals surface area contributed by atoms with Gasteiger partial charge in [0.1, 0.15) is 36.3 Å². The van der Waals surface area contributed by atoms with E-state index in [4.69, 9.17) is 19.5 Å². The van der Waals surface area contributed by atoms with Gasteiger partial charge < -0.3 is 50.9 Å². The molecule has 2 amide bonds. The second kappa shape index (κ2) is 31.1. The molecule has 2 aromatic heterocycles. The van der Waals surface area contributed by atoms with Crippen LogP contribution in [-0.4, -0.2) is 123 Å². The highest BCUT2D eigenvalue weighted by atomic mass is 32.2. The molecule has 3 heterocycles. The summed E-state index contributed by atoms with van der Waals surface area (Å²) in [7, 11) is -16.4. The van der Waals surface area contributed by atoms with Crippen LogP contribution in [0.3, 0.4) is 0 Å². The quantitative estimate of drug-likeness (QED) is 0.0242. The smallest absolute Gasteiger partial charge is 0.386 e. The number of carbonyl (C=O) groups excluding carboxylic acids is 3. The Kier molecular flexibility index (Phi) is 27.0. The highest BCUT2D eigenvalue weighted by Gasteiger charge is 2.50. The molecule has 10 N–H and O–H groups in total. The maximum absolute atomic E-state index is 12.7. The van der Waals surface area contributed by atoms with Gasteiger partial charge >= 0.3 is 23.5 Å². The second-order valence-corrected chi connectivity index (χ2v) is 22.0. The van der Waals surface area contributed by atoms with E-state index in [1.54, 1.807) is 0 Å². The Morgan fingerprint density at radius 2 is 1.46 bits per heavy atom. The molecule has 3 rings (SSSR count). The zero-order chi connectivity index (χ0) is 52.5. The number of nitrogens with zero attached hydrogens (tertiary/aromatic N) is 4. The molecule has 28 heteroatoms. The van der Waals surface area contributed by atoms with E-state index in [0.29, 0.717) is 18.6 Å². The average molecular weight is 1080 g/mol. The Balaban J connectivity index is 1.29. The number of thioether (sulfide) groups is 1. The number of carbonyl (C=O) groups is 3. The van der Waals surface area contributed by atoms with Gasteiger partial charge in [-0.05, 0) is 44.9 Å². The summed E-state index contributed by atoms with van der Waals surface area (Å²) in [5.41, 5.74) is 4.27. The molecule has 71 heavy (non-hydrogen) atoms. The standard InChI is InChI=1S/C43H68N7O17P3S/c1-4-5-6-7-8-9-10-11-12-13-14-15-16-17-18-19-20-21-22-23-34(52)71-27-26-45-33(51)24-25-46-41(55)38(54)43(2,3)29-64-70(61,62)67-69(59,60)63-28-32-37(66-68(56,57)58)36(53)42(65-32)50-31-49-35-39(44)47-30-48-40(35)50/h8-9,11-12,14-15,17-18,20-21,30-32,36-38,42,53-54H,4-7,10,13,16,19,22-29H2,1-3H3,(H,45,51)(H,46,55)(H,59,60)(H,61,62)(H2,44,47,48)(H2,56,57,58)/b9-8-,12-11-,15-14-,18-17-,21-20-/t32-,36?,37+,38+,42-/m1/s1. The number of unbranched alkanes of at least 4 members (excludes halogenated alkanes) is 3. The predicted octanol–water partition coefficient (Wildman–Crippen LogP) is 5.37. The number of amides is 2. The van der Waals surface area contributed by atoms with Crippen LogP contribution in [0, 0.1) is 5.41 Å². The van der Waals surface area contributed by atoms with Gasteiger partial charge in [-0.1, -0.05) is 106 Å². The molecule has 0 bridgehead atoms. The second-order valence-electron chi connectivity index (χ2n) is 16.6. The SMILES string of the molecule is CCCCC/C=C\C/C=C\C/C=C\C/C=C\C/C=C\CCC(=O)SCCNC(=O)CCNC(=O)[C@H](O)C(C)(C)COP(=O)(O)OP(=O)(O)OC[C@H]1O[C@@H](n2cnc3c(N)ncnc32)C(O)[C@H]1OP(=O)(O)O. The summed E-state index contributed by atoms with van der Waals surface area (Å²) >= 11 is 1.10. The van der Waals surface area contributed by atoms with Crippen molar-refractivity contribution in [3.8, 4) is 0 Å². The monoisotopic (exact) mass is 1080 g/mol. The van der Waals surface area contributed by atoms with Crippen molar-refractivity contribution < 1.29 is 80.5 Å². The molecule has 7 atom stereocenters. The molecule has 3 unspecified atom stereocenters. The number of imidazole rings is 1. The minimum absolute atomic E-state index is 0.0152. The first-order chi connectivity index (χ1) is 33.6. The molecular weight excluding hydrogens is 1010 g/mol. The van der Waals surface area contributed by atoms with Crippen molar-refractivity contribution in [2.75, 3.05) is 37.8 Å². The van der Waals surface area contributed by atoms with E-state index in [2.05, 4.69) is 90.0 Å². The van der Waals surface area contributed by atoms with Gasteiger partial charge in [0, 0.05) is 37.1 Å². The fraction of sp³-hybridized carbons (Fsp3) is 0.581. The van der Waals surface area contributed by atoms with Gasteiger partial charge in [-0.15, -0.1) is 0 Å². The molecule has 2 aromatic rings. The van der Waals surface area contributed by atoms with Gasteiger partial charge in [0.15, 0.2) is 22.8 Å². The number of nitrogens with one attached hydrogen (secondary N) is 2. The molecule has 0 aromatic carbocycles. The normalized spacial score (nSPS) is 20.2. The van der Waals surface area contributed by atoms with Crippen molar-refractivity contribution in [2.45, 2.75) is 122 Å². The Bertz CT molecular complexity index is 2310. The highest BCUT2D eigenvalue weighted by molar-refractivity contribution is 8.13. The minimum Gasteiger partial charge on any atom is -0.386 e. The molecule has 398 valence electrons. The number of nitrogens with two attached hydrogens (primary N) is 1. The summed E-state index contributed by atoms with van der Waals surface area (Å²) in [4.78, 5) is 88.4. The number of rotatable bonds is 34. The van der Waals surface area contributed by atoms with Crippen LogP contribution in [0.25, 0.3) is 11.2 Å². The van der Waals surface area contributed by atoms with Gasteiger partial charge in [0.05, 0.1) is 19.5 Å². The van der Waals surface area contributed by atoms with Crippen LogP contribution < -0.4 is 16.4 Å². The summed E-state index contributed by atoms with van der Waals surface area (Å²) in [6.07, 6.45) is 23.7. The van der Waals surface area contributed by atoms with E-state index in [0.717, 1.165) is 61.1 Å². The van der Waals surface area contributed by atoms with Gasteiger partial charge in [-0.2, -0.15) is 4.31 Å². The van der Waals surface area contributed by atoms with Crippen LogP contribution in [0.15, 0.2) is 73.4 Å².